The second-order valence-corrected chi connectivity index (χ2v) is 9.68. The molecule has 10 heteroatoms. The quantitative estimate of drug-likeness (QED) is 0.381. The number of hydrogen-bond acceptors (Lipinski definition) is 7. The number of ether oxygens (including phenoxy) is 1. The maximum absolute atomic E-state index is 13.0. The Labute approximate surface area is 177 Å². The number of nitrogens with zero attached hydrogens (tertiary/aromatic N) is 3. The van der Waals surface area contributed by atoms with Crippen molar-refractivity contribution in [2.75, 3.05) is 37.7 Å². The number of nitro groups is 1. The molecule has 2 fully saturated rings. The Morgan fingerprint density at radius 2 is 1.77 bits per heavy atom. The maximum atomic E-state index is 13.0. The number of esters is 1. The molecule has 0 aromatic heterocycles. The lowest BCUT2D eigenvalue weighted by atomic mass is 9.96. The summed E-state index contributed by atoms with van der Waals surface area (Å²) in [5.41, 5.74) is 0.164. The van der Waals surface area contributed by atoms with Gasteiger partial charge in [0.1, 0.15) is 5.69 Å². The molecule has 0 unspecified atom stereocenters. The zero-order valence-electron chi connectivity index (χ0n) is 17.3. The summed E-state index contributed by atoms with van der Waals surface area (Å²) in [6, 6.07) is 4.15. The number of nitro benzene ring substituents is 1. The molecule has 1 aromatic carbocycles. The number of anilines is 1. The number of carbonyl (C=O) groups excluding carboxylic acids is 1. The molecule has 2 heterocycles. The van der Waals surface area contributed by atoms with Gasteiger partial charge in [-0.1, -0.05) is 12.8 Å². The summed E-state index contributed by atoms with van der Waals surface area (Å²) in [5.74, 6) is -0.437. The lowest BCUT2D eigenvalue weighted by Crippen LogP contribution is -2.37. The van der Waals surface area contributed by atoms with E-state index in [0.29, 0.717) is 51.3 Å². The van der Waals surface area contributed by atoms with Crippen LogP contribution in [0.3, 0.4) is 0 Å². The second kappa shape index (κ2) is 9.74. The first-order valence-corrected chi connectivity index (χ1v) is 12.0. The fourth-order valence-electron chi connectivity index (χ4n) is 4.12. The molecule has 0 bridgehead atoms. The molecule has 0 saturated carbocycles. The number of sulfonamides is 1. The fraction of sp³-hybridized carbons (Fsp3) is 0.650. The smallest absolute Gasteiger partial charge is 0.309 e. The summed E-state index contributed by atoms with van der Waals surface area (Å²) < 4.78 is 32.5. The molecular weight excluding hydrogens is 410 g/mol. The monoisotopic (exact) mass is 439 g/mol. The highest BCUT2D eigenvalue weighted by Crippen LogP contribution is 2.34. The van der Waals surface area contributed by atoms with Gasteiger partial charge in [0.05, 0.1) is 22.3 Å². The van der Waals surface area contributed by atoms with Gasteiger partial charge in [-0.3, -0.25) is 14.9 Å². The van der Waals surface area contributed by atoms with E-state index in [1.54, 1.807) is 6.92 Å². The Morgan fingerprint density at radius 1 is 1.13 bits per heavy atom. The molecule has 0 atom stereocenters. The molecule has 2 aliphatic rings. The van der Waals surface area contributed by atoms with Gasteiger partial charge >= 0.3 is 5.97 Å². The van der Waals surface area contributed by atoms with Crippen molar-refractivity contribution < 1.29 is 22.9 Å². The Morgan fingerprint density at radius 3 is 2.33 bits per heavy atom. The number of hydrogen-bond donors (Lipinski definition) is 0. The van der Waals surface area contributed by atoms with Crippen molar-refractivity contribution in [3.8, 4) is 0 Å². The topological polar surface area (TPSA) is 110 Å². The molecule has 2 aliphatic heterocycles. The largest absolute Gasteiger partial charge is 0.466 e. The van der Waals surface area contributed by atoms with Gasteiger partial charge in [-0.15, -0.1) is 0 Å². The Balaban J connectivity index is 1.81. The van der Waals surface area contributed by atoms with Crippen molar-refractivity contribution in [3.63, 3.8) is 0 Å². The molecule has 0 radical (unpaired) electrons. The first-order valence-electron chi connectivity index (χ1n) is 10.5. The summed E-state index contributed by atoms with van der Waals surface area (Å²) >= 11 is 0. The van der Waals surface area contributed by atoms with Crippen LogP contribution in [0.25, 0.3) is 0 Å². The third-order valence-electron chi connectivity index (χ3n) is 5.80. The van der Waals surface area contributed by atoms with E-state index in [9.17, 15) is 23.3 Å². The molecule has 3 rings (SSSR count). The molecule has 0 amide bonds. The molecule has 0 N–H and O–H groups in total. The van der Waals surface area contributed by atoms with Crippen LogP contribution in [0.1, 0.15) is 45.4 Å². The molecule has 166 valence electrons. The molecule has 9 nitrogen and oxygen atoms in total. The van der Waals surface area contributed by atoms with E-state index in [2.05, 4.69) is 0 Å². The van der Waals surface area contributed by atoms with Crippen LogP contribution >= 0.6 is 0 Å². The van der Waals surface area contributed by atoms with Crippen molar-refractivity contribution in [1.29, 1.82) is 0 Å². The van der Waals surface area contributed by atoms with Gasteiger partial charge < -0.3 is 9.64 Å². The van der Waals surface area contributed by atoms with Gasteiger partial charge in [0, 0.05) is 32.2 Å². The van der Waals surface area contributed by atoms with Crippen molar-refractivity contribution in [2.45, 2.75) is 50.3 Å². The highest BCUT2D eigenvalue weighted by molar-refractivity contribution is 7.89. The third kappa shape index (κ3) is 4.92. The fourth-order valence-corrected chi connectivity index (χ4v) is 5.66. The molecule has 2 saturated heterocycles. The van der Waals surface area contributed by atoms with Crippen LogP contribution < -0.4 is 4.90 Å². The minimum atomic E-state index is -3.77. The SMILES string of the molecule is CCOC(=O)C1CCN(c2ccc(S(=O)(=O)N3CCCCCC3)cc2[N+](=O)[O-])CC1. The van der Waals surface area contributed by atoms with E-state index in [1.807, 2.05) is 4.90 Å². The number of piperidine rings is 1. The predicted molar refractivity (Wildman–Crippen MR) is 112 cm³/mol. The second-order valence-electron chi connectivity index (χ2n) is 7.74. The Bertz CT molecular complexity index is 873. The van der Waals surface area contributed by atoms with Crippen LogP contribution in [0.2, 0.25) is 0 Å². The highest BCUT2D eigenvalue weighted by atomic mass is 32.2. The summed E-state index contributed by atoms with van der Waals surface area (Å²) in [5, 5.41) is 11.7. The van der Waals surface area contributed by atoms with Crippen molar-refractivity contribution in [2.24, 2.45) is 5.92 Å². The van der Waals surface area contributed by atoms with E-state index in [1.165, 1.54) is 22.5 Å². The average Bonchev–Trinajstić information content (AvgIpc) is 3.04. The van der Waals surface area contributed by atoms with E-state index in [4.69, 9.17) is 4.74 Å². The lowest BCUT2D eigenvalue weighted by Gasteiger charge is -2.32. The minimum absolute atomic E-state index is 0.0405. The van der Waals surface area contributed by atoms with Gasteiger partial charge in [0.25, 0.3) is 5.69 Å². The first-order chi connectivity index (χ1) is 14.3. The summed E-state index contributed by atoms with van der Waals surface area (Å²) in [4.78, 5) is 24.9. The van der Waals surface area contributed by atoms with Crippen molar-refractivity contribution >= 4 is 27.4 Å². The summed E-state index contributed by atoms with van der Waals surface area (Å²) in [6.45, 7) is 3.93. The van der Waals surface area contributed by atoms with Gasteiger partial charge in [-0.05, 0) is 44.7 Å². The summed E-state index contributed by atoms with van der Waals surface area (Å²) in [6.07, 6.45) is 4.68. The zero-order chi connectivity index (χ0) is 21.7. The number of rotatable bonds is 6. The van der Waals surface area contributed by atoms with Crippen LogP contribution in [0.4, 0.5) is 11.4 Å². The van der Waals surface area contributed by atoms with E-state index < -0.39 is 14.9 Å². The van der Waals surface area contributed by atoms with Crippen LogP contribution in [-0.4, -0.2) is 56.4 Å². The van der Waals surface area contributed by atoms with Crippen molar-refractivity contribution in [1.82, 2.24) is 4.31 Å². The van der Waals surface area contributed by atoms with Gasteiger partial charge in [-0.2, -0.15) is 4.31 Å². The standard InChI is InChI=1S/C20H29N3O6S/c1-2-29-20(24)16-9-13-21(14-10-16)18-8-7-17(15-19(18)23(25)26)30(27,28)22-11-5-3-4-6-12-22/h7-8,15-16H,2-6,9-14H2,1H3. The number of carbonyl (C=O) groups is 1. The third-order valence-corrected chi connectivity index (χ3v) is 7.70. The van der Waals surface area contributed by atoms with E-state index >= 15 is 0 Å². The zero-order valence-corrected chi connectivity index (χ0v) is 18.1. The van der Waals surface area contributed by atoms with Crippen LogP contribution in [-0.2, 0) is 19.6 Å². The van der Waals surface area contributed by atoms with Crippen LogP contribution in [0, 0.1) is 16.0 Å². The van der Waals surface area contributed by atoms with Crippen LogP contribution in [0.15, 0.2) is 23.1 Å². The highest BCUT2D eigenvalue weighted by Gasteiger charge is 2.32. The number of benzene rings is 1. The molecule has 30 heavy (non-hydrogen) atoms. The van der Waals surface area contributed by atoms with Gasteiger partial charge in [0.15, 0.2) is 0 Å². The normalized spacial score (nSPS) is 19.3. The van der Waals surface area contributed by atoms with Crippen molar-refractivity contribution in [3.05, 3.63) is 28.3 Å². The van der Waals surface area contributed by atoms with Gasteiger partial charge in [0.2, 0.25) is 10.0 Å². The predicted octanol–water partition coefficient (Wildman–Crippen LogP) is 2.94. The lowest BCUT2D eigenvalue weighted by molar-refractivity contribution is -0.384. The van der Waals surface area contributed by atoms with Crippen LogP contribution in [0.5, 0.6) is 0 Å². The first kappa shape index (κ1) is 22.5. The molecular formula is C20H29N3O6S. The maximum Gasteiger partial charge on any atom is 0.309 e. The van der Waals surface area contributed by atoms with E-state index in [0.717, 1.165) is 25.7 Å². The summed E-state index contributed by atoms with van der Waals surface area (Å²) in [7, 11) is -3.77. The minimum Gasteiger partial charge on any atom is -0.466 e. The Hall–Kier alpha value is -2.20. The molecule has 0 aliphatic carbocycles. The van der Waals surface area contributed by atoms with Gasteiger partial charge in [-0.25, -0.2) is 8.42 Å². The molecule has 1 aromatic rings. The molecule has 0 spiro atoms. The average molecular weight is 440 g/mol. The van der Waals surface area contributed by atoms with E-state index in [-0.39, 0.29) is 22.5 Å². The Kier molecular flexibility index (Phi) is 7.30.